The first-order chi connectivity index (χ1) is 11.2. The molecule has 1 unspecified atom stereocenters. The van der Waals surface area contributed by atoms with Crippen molar-refractivity contribution in [3.63, 3.8) is 0 Å². The summed E-state index contributed by atoms with van der Waals surface area (Å²) in [5.74, 6) is 0. The number of nitrogens with zero attached hydrogens (tertiary/aromatic N) is 1. The second kappa shape index (κ2) is 6.16. The van der Waals surface area contributed by atoms with Crippen LogP contribution < -0.4 is 0 Å². The number of aryl methyl sites for hydroxylation is 1. The van der Waals surface area contributed by atoms with Gasteiger partial charge >= 0.3 is 6.18 Å². The van der Waals surface area contributed by atoms with Crippen molar-refractivity contribution in [2.75, 3.05) is 6.54 Å². The molecule has 1 aromatic heterocycles. The van der Waals surface area contributed by atoms with Crippen molar-refractivity contribution in [3.8, 4) is 0 Å². The normalized spacial score (nSPS) is 19.8. The predicted molar refractivity (Wildman–Crippen MR) is 86.4 cm³/mol. The van der Waals surface area contributed by atoms with Gasteiger partial charge in [0.05, 0.1) is 11.6 Å². The van der Waals surface area contributed by atoms with E-state index in [1.807, 2.05) is 0 Å². The molecule has 1 saturated heterocycles. The summed E-state index contributed by atoms with van der Waals surface area (Å²) in [6.45, 7) is 2.03. The maximum absolute atomic E-state index is 13.3. The number of rotatable bonds is 3. The first-order valence-electron chi connectivity index (χ1n) is 7.45. The Morgan fingerprint density at radius 2 is 1.88 bits per heavy atom. The zero-order chi connectivity index (χ0) is 17.5. The molecule has 130 valence electrons. The number of halogens is 3. The summed E-state index contributed by atoms with van der Waals surface area (Å²) in [5, 5.41) is 0. The standard InChI is InChI=1S/C16H16F3NO2S2/c1-11-8-9-15(23-11)24(21,22)20-10-4-7-14(20)12-5-2-3-6-13(12)16(17,18)19/h2-3,5-6,8-9,14H,4,7,10H2,1H3. The van der Waals surface area contributed by atoms with Crippen molar-refractivity contribution in [3.05, 3.63) is 52.4 Å². The molecule has 0 saturated carbocycles. The van der Waals surface area contributed by atoms with E-state index in [9.17, 15) is 21.6 Å². The van der Waals surface area contributed by atoms with Crippen LogP contribution in [0.2, 0.25) is 0 Å². The Hall–Kier alpha value is -1.38. The third-order valence-electron chi connectivity index (χ3n) is 4.11. The average molecular weight is 375 g/mol. The molecule has 1 aliphatic heterocycles. The zero-order valence-corrected chi connectivity index (χ0v) is 14.5. The van der Waals surface area contributed by atoms with Crippen LogP contribution in [-0.2, 0) is 16.2 Å². The Labute approximate surface area is 142 Å². The quantitative estimate of drug-likeness (QED) is 0.786. The van der Waals surface area contributed by atoms with Gasteiger partial charge in [0.15, 0.2) is 0 Å². The summed E-state index contributed by atoms with van der Waals surface area (Å²) in [4.78, 5) is 0.847. The topological polar surface area (TPSA) is 37.4 Å². The Balaban J connectivity index is 2.04. The van der Waals surface area contributed by atoms with Gasteiger partial charge in [0.25, 0.3) is 10.0 Å². The molecule has 0 N–H and O–H groups in total. The van der Waals surface area contributed by atoms with Crippen molar-refractivity contribution >= 4 is 21.4 Å². The van der Waals surface area contributed by atoms with E-state index in [1.165, 1.54) is 28.6 Å². The minimum absolute atomic E-state index is 0.0272. The van der Waals surface area contributed by atoms with Crippen LogP contribution in [0.5, 0.6) is 0 Å². The van der Waals surface area contributed by atoms with E-state index in [1.54, 1.807) is 13.0 Å². The second-order valence-corrected chi connectivity index (χ2v) is 9.13. The highest BCUT2D eigenvalue weighted by Crippen LogP contribution is 2.43. The van der Waals surface area contributed by atoms with Crippen molar-refractivity contribution in [1.82, 2.24) is 4.31 Å². The van der Waals surface area contributed by atoms with Gasteiger partial charge in [-0.2, -0.15) is 17.5 Å². The summed E-state index contributed by atoms with van der Waals surface area (Å²) in [5.41, 5.74) is -0.737. The lowest BCUT2D eigenvalue weighted by Gasteiger charge is -2.26. The first kappa shape index (κ1) is 17.4. The molecule has 3 rings (SSSR count). The molecule has 8 heteroatoms. The number of hydrogen-bond acceptors (Lipinski definition) is 3. The minimum atomic E-state index is -4.51. The molecule has 2 heterocycles. The van der Waals surface area contributed by atoms with Crippen LogP contribution in [0, 0.1) is 6.92 Å². The van der Waals surface area contributed by atoms with Gasteiger partial charge in [-0.15, -0.1) is 11.3 Å². The van der Waals surface area contributed by atoms with Crippen molar-refractivity contribution in [1.29, 1.82) is 0 Å². The molecule has 1 fully saturated rings. The molecule has 1 atom stereocenters. The number of alkyl halides is 3. The molecule has 2 aromatic rings. The fraction of sp³-hybridized carbons (Fsp3) is 0.375. The highest BCUT2D eigenvalue weighted by atomic mass is 32.2. The summed E-state index contributed by atoms with van der Waals surface area (Å²) in [7, 11) is -3.79. The maximum atomic E-state index is 13.3. The van der Waals surface area contributed by atoms with E-state index >= 15 is 0 Å². The molecular weight excluding hydrogens is 359 g/mol. The second-order valence-electron chi connectivity index (χ2n) is 5.72. The maximum Gasteiger partial charge on any atom is 0.416 e. The van der Waals surface area contributed by atoms with Crippen LogP contribution in [0.1, 0.15) is 34.9 Å². The van der Waals surface area contributed by atoms with E-state index < -0.39 is 27.8 Å². The Morgan fingerprint density at radius 3 is 2.50 bits per heavy atom. The van der Waals surface area contributed by atoms with Gasteiger partial charge in [-0.05, 0) is 43.5 Å². The summed E-state index contributed by atoms with van der Waals surface area (Å²) in [6.07, 6.45) is -3.58. The fourth-order valence-corrected chi connectivity index (χ4v) is 6.14. The van der Waals surface area contributed by atoms with Gasteiger partial charge in [0.1, 0.15) is 4.21 Å². The number of thiophene rings is 1. The highest BCUT2D eigenvalue weighted by Gasteiger charge is 2.41. The fourth-order valence-electron chi connectivity index (χ4n) is 3.05. The van der Waals surface area contributed by atoms with Gasteiger partial charge in [0, 0.05) is 11.4 Å². The van der Waals surface area contributed by atoms with Crippen LogP contribution in [-0.4, -0.2) is 19.3 Å². The van der Waals surface area contributed by atoms with Gasteiger partial charge in [-0.25, -0.2) is 8.42 Å². The summed E-state index contributed by atoms with van der Waals surface area (Å²) < 4.78 is 66.9. The molecule has 0 bridgehead atoms. The smallest absolute Gasteiger partial charge is 0.206 e. The van der Waals surface area contributed by atoms with Gasteiger partial charge < -0.3 is 0 Å². The Bertz CT molecular complexity index is 843. The Kier molecular flexibility index (Phi) is 4.48. The SMILES string of the molecule is Cc1ccc(S(=O)(=O)N2CCCC2c2ccccc2C(F)(F)F)s1. The zero-order valence-electron chi connectivity index (χ0n) is 12.9. The molecule has 0 radical (unpaired) electrons. The number of sulfonamides is 1. The molecule has 1 aromatic carbocycles. The van der Waals surface area contributed by atoms with Gasteiger partial charge in [-0.3, -0.25) is 0 Å². The highest BCUT2D eigenvalue weighted by molar-refractivity contribution is 7.91. The van der Waals surface area contributed by atoms with Gasteiger partial charge in [0.2, 0.25) is 0 Å². The lowest BCUT2D eigenvalue weighted by atomic mass is 9.99. The summed E-state index contributed by atoms with van der Waals surface area (Å²) >= 11 is 1.14. The minimum Gasteiger partial charge on any atom is -0.206 e. The van der Waals surface area contributed by atoms with E-state index in [2.05, 4.69) is 0 Å². The average Bonchev–Trinajstić information content (AvgIpc) is 3.15. The van der Waals surface area contributed by atoms with Crippen molar-refractivity contribution in [2.24, 2.45) is 0 Å². The van der Waals surface area contributed by atoms with Gasteiger partial charge in [-0.1, -0.05) is 18.2 Å². The van der Waals surface area contributed by atoms with Crippen LogP contribution in [0.25, 0.3) is 0 Å². The molecule has 0 aliphatic carbocycles. The molecule has 1 aliphatic rings. The molecule has 0 spiro atoms. The number of benzene rings is 1. The van der Waals surface area contributed by atoms with E-state index in [-0.39, 0.29) is 16.3 Å². The molecule has 0 amide bonds. The summed E-state index contributed by atoms with van der Waals surface area (Å²) in [6, 6.07) is 7.66. The van der Waals surface area contributed by atoms with E-state index in [4.69, 9.17) is 0 Å². The van der Waals surface area contributed by atoms with Crippen LogP contribution >= 0.6 is 11.3 Å². The monoisotopic (exact) mass is 375 g/mol. The third kappa shape index (κ3) is 3.10. The predicted octanol–water partition coefficient (Wildman–Crippen LogP) is 4.60. The first-order valence-corrected chi connectivity index (χ1v) is 9.71. The largest absolute Gasteiger partial charge is 0.416 e. The van der Waals surface area contributed by atoms with Crippen LogP contribution in [0.15, 0.2) is 40.6 Å². The van der Waals surface area contributed by atoms with E-state index in [0.29, 0.717) is 12.8 Å². The third-order valence-corrected chi connectivity index (χ3v) is 7.48. The Morgan fingerprint density at radius 1 is 1.17 bits per heavy atom. The molecule has 24 heavy (non-hydrogen) atoms. The van der Waals surface area contributed by atoms with Crippen molar-refractivity contribution in [2.45, 2.75) is 36.2 Å². The lowest BCUT2D eigenvalue weighted by Crippen LogP contribution is -2.31. The van der Waals surface area contributed by atoms with E-state index in [0.717, 1.165) is 22.3 Å². The van der Waals surface area contributed by atoms with Crippen molar-refractivity contribution < 1.29 is 21.6 Å². The molecule has 3 nitrogen and oxygen atoms in total. The molecular formula is C16H16F3NO2S2. The number of hydrogen-bond donors (Lipinski definition) is 0. The lowest BCUT2D eigenvalue weighted by molar-refractivity contribution is -0.138. The van der Waals surface area contributed by atoms with Crippen LogP contribution in [0.3, 0.4) is 0 Å². The van der Waals surface area contributed by atoms with Crippen LogP contribution in [0.4, 0.5) is 13.2 Å².